The highest BCUT2D eigenvalue weighted by Gasteiger charge is 2.22. The van der Waals surface area contributed by atoms with E-state index in [1.54, 1.807) is 5.57 Å². The van der Waals surface area contributed by atoms with Gasteiger partial charge in [0.25, 0.3) is 0 Å². The van der Waals surface area contributed by atoms with E-state index in [0.717, 1.165) is 30.9 Å². The molecule has 0 aromatic carbocycles. The van der Waals surface area contributed by atoms with Crippen LogP contribution in [0.15, 0.2) is 30.0 Å². The van der Waals surface area contributed by atoms with Crippen molar-refractivity contribution < 1.29 is 0 Å². The van der Waals surface area contributed by atoms with Gasteiger partial charge < -0.3 is 4.90 Å². The van der Waals surface area contributed by atoms with E-state index in [2.05, 4.69) is 42.8 Å². The molecule has 0 saturated heterocycles. The highest BCUT2D eigenvalue weighted by Crippen LogP contribution is 2.31. The second-order valence-corrected chi connectivity index (χ2v) is 6.06. The van der Waals surface area contributed by atoms with Crippen LogP contribution in [0.5, 0.6) is 0 Å². The Hall–Kier alpha value is -1.02. The molecular weight excluding hydrogens is 244 g/mol. The van der Waals surface area contributed by atoms with Gasteiger partial charge in [-0.2, -0.15) is 0 Å². The summed E-state index contributed by atoms with van der Waals surface area (Å²) in [6.07, 6.45) is 5.30. The monoisotopic (exact) mass is 264 g/mol. The molecule has 2 rings (SSSR count). The van der Waals surface area contributed by atoms with Crippen LogP contribution in [-0.4, -0.2) is 18.1 Å². The average Bonchev–Trinajstić information content (AvgIpc) is 2.38. The fourth-order valence-electron chi connectivity index (χ4n) is 2.36. The minimum absolute atomic E-state index is 0.283. The van der Waals surface area contributed by atoms with Crippen molar-refractivity contribution in [2.24, 2.45) is 5.41 Å². The summed E-state index contributed by atoms with van der Waals surface area (Å²) >= 11 is 5.97. The van der Waals surface area contributed by atoms with Crippen molar-refractivity contribution in [2.45, 2.75) is 33.1 Å². The quantitative estimate of drug-likeness (QED) is 0.593. The molecule has 0 saturated carbocycles. The van der Waals surface area contributed by atoms with Crippen LogP contribution in [0.1, 0.15) is 32.8 Å². The standard InChI is InChI=1S/C15H21ClN2/c1-15(2,3)13-6-9-18(10-7-13)14-12(11-16)5-4-8-17-14/h4-6,8H,7,9-11H2,1-3H3. The highest BCUT2D eigenvalue weighted by molar-refractivity contribution is 6.17. The Morgan fingerprint density at radius 3 is 2.72 bits per heavy atom. The summed E-state index contributed by atoms with van der Waals surface area (Å²) in [5, 5.41) is 0. The van der Waals surface area contributed by atoms with Crippen LogP contribution in [0.3, 0.4) is 0 Å². The molecule has 98 valence electrons. The summed E-state index contributed by atoms with van der Waals surface area (Å²) in [4.78, 5) is 6.79. The van der Waals surface area contributed by atoms with Crippen LogP contribution in [0, 0.1) is 5.41 Å². The van der Waals surface area contributed by atoms with Crippen molar-refractivity contribution in [3.8, 4) is 0 Å². The first kappa shape index (κ1) is 13.4. The maximum Gasteiger partial charge on any atom is 0.133 e. The van der Waals surface area contributed by atoms with Gasteiger partial charge in [0.2, 0.25) is 0 Å². The Kier molecular flexibility index (Phi) is 3.96. The van der Waals surface area contributed by atoms with E-state index in [0.29, 0.717) is 5.88 Å². The number of hydrogen-bond donors (Lipinski definition) is 0. The van der Waals surface area contributed by atoms with E-state index in [-0.39, 0.29) is 5.41 Å². The first-order chi connectivity index (χ1) is 8.52. The van der Waals surface area contributed by atoms with Crippen LogP contribution in [0.25, 0.3) is 0 Å². The molecule has 0 unspecified atom stereocenters. The molecule has 0 spiro atoms. The second kappa shape index (κ2) is 5.31. The molecular formula is C15H21ClN2. The summed E-state index contributed by atoms with van der Waals surface area (Å²) in [6, 6.07) is 4.00. The molecule has 1 aliphatic heterocycles. The molecule has 0 atom stereocenters. The molecule has 18 heavy (non-hydrogen) atoms. The fraction of sp³-hybridized carbons (Fsp3) is 0.533. The van der Waals surface area contributed by atoms with Crippen LogP contribution >= 0.6 is 11.6 Å². The molecule has 1 aromatic heterocycles. The number of pyridine rings is 1. The van der Waals surface area contributed by atoms with Crippen molar-refractivity contribution in [1.82, 2.24) is 4.98 Å². The van der Waals surface area contributed by atoms with Crippen LogP contribution in [0.2, 0.25) is 0 Å². The minimum Gasteiger partial charge on any atom is -0.352 e. The van der Waals surface area contributed by atoms with Gasteiger partial charge in [-0.15, -0.1) is 11.6 Å². The van der Waals surface area contributed by atoms with Crippen molar-refractivity contribution in [3.63, 3.8) is 0 Å². The molecule has 1 aromatic rings. The molecule has 2 nitrogen and oxygen atoms in total. The lowest BCUT2D eigenvalue weighted by Gasteiger charge is -2.33. The van der Waals surface area contributed by atoms with E-state index >= 15 is 0 Å². The van der Waals surface area contributed by atoms with Crippen molar-refractivity contribution in [2.75, 3.05) is 18.0 Å². The SMILES string of the molecule is CC(C)(C)C1=CCN(c2ncccc2CCl)CC1. The van der Waals surface area contributed by atoms with Gasteiger partial charge >= 0.3 is 0 Å². The molecule has 0 amide bonds. The topological polar surface area (TPSA) is 16.1 Å². The van der Waals surface area contributed by atoms with Gasteiger partial charge in [-0.1, -0.05) is 38.5 Å². The smallest absolute Gasteiger partial charge is 0.133 e. The zero-order valence-electron chi connectivity index (χ0n) is 11.4. The summed E-state index contributed by atoms with van der Waals surface area (Å²) in [5.41, 5.74) is 2.94. The van der Waals surface area contributed by atoms with Crippen LogP contribution < -0.4 is 4.90 Å². The summed E-state index contributed by atoms with van der Waals surface area (Å²) in [5.74, 6) is 1.56. The lowest BCUT2D eigenvalue weighted by atomic mass is 9.83. The number of nitrogens with zero attached hydrogens (tertiary/aromatic N) is 2. The Morgan fingerprint density at radius 1 is 1.39 bits per heavy atom. The van der Waals surface area contributed by atoms with Gasteiger partial charge in [-0.3, -0.25) is 0 Å². The van der Waals surface area contributed by atoms with Crippen LogP contribution in [0.4, 0.5) is 5.82 Å². The molecule has 0 fully saturated rings. The van der Waals surface area contributed by atoms with Crippen molar-refractivity contribution >= 4 is 17.4 Å². The Morgan fingerprint density at radius 2 is 2.17 bits per heavy atom. The van der Waals surface area contributed by atoms with Gasteiger partial charge in [0.15, 0.2) is 0 Å². The predicted octanol–water partition coefficient (Wildman–Crippen LogP) is 4.00. The van der Waals surface area contributed by atoms with Gasteiger partial charge in [-0.25, -0.2) is 4.98 Å². The Bertz CT molecular complexity index is 446. The number of anilines is 1. The zero-order chi connectivity index (χ0) is 13.2. The first-order valence-corrected chi connectivity index (χ1v) is 7.00. The fourth-order valence-corrected chi connectivity index (χ4v) is 2.57. The Balaban J connectivity index is 2.17. The third-order valence-electron chi connectivity index (χ3n) is 3.48. The van der Waals surface area contributed by atoms with Gasteiger partial charge in [0.05, 0.1) is 5.88 Å². The lowest BCUT2D eigenvalue weighted by Crippen LogP contribution is -2.32. The van der Waals surface area contributed by atoms with E-state index in [4.69, 9.17) is 11.6 Å². The van der Waals surface area contributed by atoms with E-state index < -0.39 is 0 Å². The maximum atomic E-state index is 5.97. The van der Waals surface area contributed by atoms with Gasteiger partial charge in [-0.05, 0) is 17.9 Å². The number of alkyl halides is 1. The number of halogens is 1. The third-order valence-corrected chi connectivity index (χ3v) is 3.77. The van der Waals surface area contributed by atoms with E-state index in [9.17, 15) is 0 Å². The first-order valence-electron chi connectivity index (χ1n) is 6.46. The van der Waals surface area contributed by atoms with Crippen LogP contribution in [-0.2, 0) is 5.88 Å². The summed E-state index contributed by atoms with van der Waals surface area (Å²) in [6.45, 7) is 8.80. The molecule has 2 heterocycles. The van der Waals surface area contributed by atoms with E-state index in [1.165, 1.54) is 0 Å². The molecule has 0 N–H and O–H groups in total. The average molecular weight is 265 g/mol. The van der Waals surface area contributed by atoms with E-state index in [1.807, 2.05) is 12.3 Å². The zero-order valence-corrected chi connectivity index (χ0v) is 12.2. The predicted molar refractivity (Wildman–Crippen MR) is 78.2 cm³/mol. The summed E-state index contributed by atoms with van der Waals surface area (Å²) < 4.78 is 0. The van der Waals surface area contributed by atoms with Gasteiger partial charge in [0, 0.05) is 24.8 Å². The minimum atomic E-state index is 0.283. The van der Waals surface area contributed by atoms with Gasteiger partial charge in [0.1, 0.15) is 5.82 Å². The van der Waals surface area contributed by atoms with Crippen molar-refractivity contribution in [1.29, 1.82) is 0 Å². The third kappa shape index (κ3) is 2.86. The normalized spacial score (nSPS) is 16.7. The summed E-state index contributed by atoms with van der Waals surface area (Å²) in [7, 11) is 0. The highest BCUT2D eigenvalue weighted by atomic mass is 35.5. The number of rotatable bonds is 2. The second-order valence-electron chi connectivity index (χ2n) is 5.80. The molecule has 0 bridgehead atoms. The maximum absolute atomic E-state index is 5.97. The lowest BCUT2D eigenvalue weighted by molar-refractivity contribution is 0.472. The van der Waals surface area contributed by atoms with Crippen molar-refractivity contribution in [3.05, 3.63) is 35.5 Å². The Labute approximate surface area is 115 Å². The number of hydrogen-bond acceptors (Lipinski definition) is 2. The number of aromatic nitrogens is 1. The molecule has 3 heteroatoms. The molecule has 1 aliphatic rings. The largest absolute Gasteiger partial charge is 0.352 e. The molecule has 0 radical (unpaired) electrons. The molecule has 0 aliphatic carbocycles.